The first-order valence-electron chi connectivity index (χ1n) is 7.94. The fourth-order valence-corrected chi connectivity index (χ4v) is 3.02. The molecule has 2 aromatic carbocycles. The minimum Gasteiger partial charge on any atom is -0.495 e. The highest BCUT2D eigenvalue weighted by Gasteiger charge is 2.39. The van der Waals surface area contributed by atoms with Crippen LogP contribution in [0.3, 0.4) is 0 Å². The van der Waals surface area contributed by atoms with Gasteiger partial charge < -0.3 is 10.1 Å². The first kappa shape index (κ1) is 18.3. The molecule has 1 N–H and O–H groups in total. The van der Waals surface area contributed by atoms with Gasteiger partial charge in [-0.15, -0.1) is 0 Å². The summed E-state index contributed by atoms with van der Waals surface area (Å²) in [4.78, 5) is 26.4. The third kappa shape index (κ3) is 3.28. The molecule has 0 bridgehead atoms. The molecule has 0 saturated heterocycles. The van der Waals surface area contributed by atoms with Crippen molar-refractivity contribution in [1.29, 1.82) is 0 Å². The Morgan fingerprint density at radius 2 is 1.73 bits per heavy atom. The topological polar surface area (TPSA) is 58.6 Å². The van der Waals surface area contributed by atoms with Gasteiger partial charge in [-0.25, -0.2) is 4.90 Å². The third-order valence-corrected chi connectivity index (χ3v) is 4.64. The van der Waals surface area contributed by atoms with Crippen LogP contribution in [0.2, 0.25) is 5.02 Å². The van der Waals surface area contributed by atoms with E-state index in [0.29, 0.717) is 22.1 Å². The Balaban J connectivity index is 1.93. The van der Waals surface area contributed by atoms with Crippen molar-refractivity contribution in [2.75, 3.05) is 17.3 Å². The number of imide groups is 1. The van der Waals surface area contributed by atoms with Crippen LogP contribution in [0.15, 0.2) is 53.2 Å². The average molecular weight is 391 g/mol. The number of hydrogen-bond donors (Lipinski definition) is 1. The van der Waals surface area contributed by atoms with E-state index in [9.17, 15) is 9.59 Å². The normalized spacial score (nSPS) is 14.2. The molecule has 0 radical (unpaired) electrons. The van der Waals surface area contributed by atoms with Crippen molar-refractivity contribution in [3.05, 3.63) is 63.8 Å². The maximum Gasteiger partial charge on any atom is 0.283 e. The van der Waals surface area contributed by atoms with Gasteiger partial charge >= 0.3 is 0 Å². The van der Waals surface area contributed by atoms with Gasteiger partial charge in [0.2, 0.25) is 0 Å². The second-order valence-electron chi connectivity index (χ2n) is 5.62. The highest BCUT2D eigenvalue weighted by Crippen LogP contribution is 2.34. The van der Waals surface area contributed by atoms with Gasteiger partial charge in [0.25, 0.3) is 11.8 Å². The van der Waals surface area contributed by atoms with E-state index in [1.54, 1.807) is 30.3 Å². The van der Waals surface area contributed by atoms with Gasteiger partial charge in [-0.3, -0.25) is 9.59 Å². The quantitative estimate of drug-likeness (QED) is 0.771. The van der Waals surface area contributed by atoms with Gasteiger partial charge in [-0.1, -0.05) is 42.3 Å². The van der Waals surface area contributed by atoms with Crippen molar-refractivity contribution in [2.24, 2.45) is 0 Å². The first-order valence-corrected chi connectivity index (χ1v) is 8.70. The van der Waals surface area contributed by atoms with Crippen molar-refractivity contribution in [3.63, 3.8) is 0 Å². The summed E-state index contributed by atoms with van der Waals surface area (Å²) in [5.41, 5.74) is 1.99. The lowest BCUT2D eigenvalue weighted by Gasteiger charge is -2.16. The number of carbonyl (C=O) groups excluding carboxylic acids is 2. The largest absolute Gasteiger partial charge is 0.495 e. The predicted molar refractivity (Wildman–Crippen MR) is 103 cm³/mol. The fourth-order valence-electron chi connectivity index (χ4n) is 2.64. The molecule has 0 aliphatic carbocycles. The number of halogens is 2. The van der Waals surface area contributed by atoms with Crippen LogP contribution in [-0.2, 0) is 16.0 Å². The smallest absolute Gasteiger partial charge is 0.283 e. The molecule has 3 rings (SSSR count). The molecule has 1 heterocycles. The molecule has 0 spiro atoms. The van der Waals surface area contributed by atoms with E-state index < -0.39 is 11.8 Å². The van der Waals surface area contributed by atoms with Gasteiger partial charge in [-0.2, -0.15) is 0 Å². The van der Waals surface area contributed by atoms with Crippen LogP contribution < -0.4 is 15.0 Å². The van der Waals surface area contributed by atoms with E-state index in [0.717, 1.165) is 16.9 Å². The molecule has 2 aromatic rings. The van der Waals surface area contributed by atoms with Gasteiger partial charge in [0.1, 0.15) is 16.5 Å². The molecule has 0 aromatic heterocycles. The summed E-state index contributed by atoms with van der Waals surface area (Å²) >= 11 is 12.2. The van der Waals surface area contributed by atoms with Crippen molar-refractivity contribution >= 4 is 46.4 Å². The molecule has 0 fully saturated rings. The maximum atomic E-state index is 12.8. The number of hydrogen-bond acceptors (Lipinski definition) is 4. The second-order valence-corrected chi connectivity index (χ2v) is 6.44. The number of rotatable bonds is 5. The first-order chi connectivity index (χ1) is 12.5. The summed E-state index contributed by atoms with van der Waals surface area (Å²) in [5, 5.41) is 3.15. The van der Waals surface area contributed by atoms with Crippen LogP contribution in [0.4, 0.5) is 11.4 Å². The number of carbonyl (C=O) groups is 2. The van der Waals surface area contributed by atoms with Crippen LogP contribution in [-0.4, -0.2) is 18.9 Å². The zero-order chi connectivity index (χ0) is 18.8. The lowest BCUT2D eigenvalue weighted by atomic mass is 10.1. The number of aryl methyl sites for hydroxylation is 1. The Morgan fingerprint density at radius 3 is 2.35 bits per heavy atom. The van der Waals surface area contributed by atoms with Crippen molar-refractivity contribution in [1.82, 2.24) is 0 Å². The Hall–Kier alpha value is -2.50. The zero-order valence-corrected chi connectivity index (χ0v) is 15.7. The number of amides is 2. The monoisotopic (exact) mass is 390 g/mol. The number of nitrogens with one attached hydrogen (secondary N) is 1. The minimum atomic E-state index is -0.579. The number of nitrogens with zero attached hydrogens (tertiary/aromatic N) is 1. The SMILES string of the molecule is CCc1ccc(N2C(=O)C(Cl)=C(Nc3cc(Cl)ccc3OC)C2=O)cc1. The van der Waals surface area contributed by atoms with E-state index in [1.165, 1.54) is 7.11 Å². The summed E-state index contributed by atoms with van der Waals surface area (Å²) in [6, 6.07) is 12.1. The summed E-state index contributed by atoms with van der Waals surface area (Å²) in [6.07, 6.45) is 0.864. The van der Waals surface area contributed by atoms with E-state index in [4.69, 9.17) is 27.9 Å². The summed E-state index contributed by atoms with van der Waals surface area (Å²) in [6.45, 7) is 2.03. The van der Waals surface area contributed by atoms with Crippen molar-refractivity contribution < 1.29 is 14.3 Å². The predicted octanol–water partition coefficient (Wildman–Crippen LogP) is 4.35. The summed E-state index contributed by atoms with van der Waals surface area (Å²) in [7, 11) is 1.49. The van der Waals surface area contributed by atoms with Gasteiger partial charge in [-0.05, 0) is 42.3 Å². The molecule has 2 amide bonds. The molecule has 134 valence electrons. The molecule has 7 heteroatoms. The van der Waals surface area contributed by atoms with Crippen LogP contribution in [0.5, 0.6) is 5.75 Å². The Bertz CT molecular complexity index is 908. The molecular weight excluding hydrogens is 375 g/mol. The van der Waals surface area contributed by atoms with Crippen LogP contribution in [0.1, 0.15) is 12.5 Å². The third-order valence-electron chi connectivity index (χ3n) is 4.05. The molecule has 0 saturated carbocycles. The molecule has 5 nitrogen and oxygen atoms in total. The highest BCUT2D eigenvalue weighted by atomic mass is 35.5. The van der Waals surface area contributed by atoms with Crippen molar-refractivity contribution in [3.8, 4) is 5.75 Å². The van der Waals surface area contributed by atoms with Gasteiger partial charge in [0.15, 0.2) is 0 Å². The Labute approximate surface area is 161 Å². The number of ether oxygens (including phenoxy) is 1. The van der Waals surface area contributed by atoms with E-state index in [-0.39, 0.29) is 10.7 Å². The van der Waals surface area contributed by atoms with Gasteiger partial charge in [0, 0.05) is 5.02 Å². The number of anilines is 2. The van der Waals surface area contributed by atoms with E-state index in [1.807, 2.05) is 19.1 Å². The maximum absolute atomic E-state index is 12.8. The lowest BCUT2D eigenvalue weighted by molar-refractivity contribution is -0.120. The molecule has 0 unspecified atom stereocenters. The number of methoxy groups -OCH3 is 1. The summed E-state index contributed by atoms with van der Waals surface area (Å²) < 4.78 is 5.25. The molecule has 1 aliphatic rings. The molecule has 26 heavy (non-hydrogen) atoms. The highest BCUT2D eigenvalue weighted by molar-refractivity contribution is 6.53. The van der Waals surface area contributed by atoms with E-state index in [2.05, 4.69) is 5.32 Å². The van der Waals surface area contributed by atoms with E-state index >= 15 is 0 Å². The van der Waals surface area contributed by atoms with Crippen LogP contribution in [0.25, 0.3) is 0 Å². The minimum absolute atomic E-state index is 0.0169. The van der Waals surface area contributed by atoms with Crippen LogP contribution >= 0.6 is 23.2 Å². The molecule has 1 aliphatic heterocycles. The second kappa shape index (κ2) is 7.40. The average Bonchev–Trinajstić information content (AvgIpc) is 2.85. The fraction of sp³-hybridized carbons (Fsp3) is 0.158. The van der Waals surface area contributed by atoms with Gasteiger partial charge in [0.05, 0.1) is 18.5 Å². The molecular formula is C19H16Cl2N2O3. The number of benzene rings is 2. The van der Waals surface area contributed by atoms with Crippen LogP contribution in [0, 0.1) is 0 Å². The Kier molecular flexibility index (Phi) is 5.20. The standard InChI is InChI=1S/C19H16Cl2N2O3/c1-3-11-4-7-13(8-5-11)23-18(24)16(21)17(19(23)25)22-14-10-12(20)6-9-15(14)26-2/h4-10,22H,3H2,1-2H3. The Morgan fingerprint density at radius 1 is 1.04 bits per heavy atom. The van der Waals surface area contributed by atoms with Crippen molar-refractivity contribution in [2.45, 2.75) is 13.3 Å². The zero-order valence-electron chi connectivity index (χ0n) is 14.2. The molecule has 0 atom stereocenters. The summed E-state index contributed by atoms with van der Waals surface area (Å²) in [5.74, 6) is -0.645. The lowest BCUT2D eigenvalue weighted by Crippen LogP contribution is -2.32.